The van der Waals surface area contributed by atoms with Crippen molar-refractivity contribution in [2.75, 3.05) is 5.73 Å². The van der Waals surface area contributed by atoms with Crippen molar-refractivity contribution in [2.24, 2.45) is 0 Å². The highest BCUT2D eigenvalue weighted by molar-refractivity contribution is 6.00. The molecule has 0 spiro atoms. The van der Waals surface area contributed by atoms with Crippen molar-refractivity contribution < 1.29 is 14.1 Å². The molecular weight excluding hydrogens is 303 g/mol. The monoisotopic (exact) mass is 314 g/mol. The second kappa shape index (κ2) is 6.53. The first-order valence-corrected chi connectivity index (χ1v) is 6.43. The Morgan fingerprint density at radius 3 is 2.65 bits per heavy atom. The van der Waals surface area contributed by atoms with Gasteiger partial charge in [-0.3, -0.25) is 14.9 Å². The lowest BCUT2D eigenvalue weighted by Gasteiger charge is -2.13. The summed E-state index contributed by atoms with van der Waals surface area (Å²) in [7, 11) is 0. The first kappa shape index (κ1) is 15.9. The van der Waals surface area contributed by atoms with Crippen LogP contribution < -0.4 is 11.1 Å². The number of rotatable bonds is 4. The third kappa shape index (κ3) is 3.41. The smallest absolute Gasteiger partial charge is 0.270 e. The number of nitro groups is 1. The first-order valence-electron chi connectivity index (χ1n) is 6.43. The van der Waals surface area contributed by atoms with Crippen molar-refractivity contribution in [1.29, 1.82) is 5.26 Å². The molecule has 23 heavy (non-hydrogen) atoms. The summed E-state index contributed by atoms with van der Waals surface area (Å²) in [6.45, 7) is 0. The summed E-state index contributed by atoms with van der Waals surface area (Å²) >= 11 is 0. The maximum absolute atomic E-state index is 13.7. The molecule has 0 saturated heterocycles. The highest BCUT2D eigenvalue weighted by Crippen LogP contribution is 2.22. The van der Waals surface area contributed by atoms with Crippen LogP contribution in [0.25, 0.3) is 0 Å². The number of nitrogen functional groups attached to an aromatic ring is 1. The fourth-order valence-corrected chi connectivity index (χ4v) is 1.95. The molecule has 2 aromatic carbocycles. The van der Waals surface area contributed by atoms with Gasteiger partial charge in [0.1, 0.15) is 11.9 Å². The van der Waals surface area contributed by atoms with E-state index in [2.05, 4.69) is 5.32 Å². The minimum atomic E-state index is -1.25. The van der Waals surface area contributed by atoms with E-state index in [4.69, 9.17) is 11.0 Å². The van der Waals surface area contributed by atoms with Crippen LogP contribution in [0.5, 0.6) is 0 Å². The van der Waals surface area contributed by atoms with Gasteiger partial charge in [-0.15, -0.1) is 0 Å². The van der Waals surface area contributed by atoms with Gasteiger partial charge in [0, 0.05) is 23.4 Å². The van der Waals surface area contributed by atoms with Crippen LogP contribution in [-0.2, 0) is 0 Å². The number of nitrogens with one attached hydrogen (secondary N) is 1. The Balaban J connectivity index is 2.31. The lowest BCUT2D eigenvalue weighted by Crippen LogP contribution is -2.29. The van der Waals surface area contributed by atoms with Crippen molar-refractivity contribution in [3.63, 3.8) is 0 Å². The van der Waals surface area contributed by atoms with Gasteiger partial charge < -0.3 is 11.1 Å². The van der Waals surface area contributed by atoms with E-state index in [-0.39, 0.29) is 22.5 Å². The van der Waals surface area contributed by atoms with Gasteiger partial charge in [-0.2, -0.15) is 5.26 Å². The number of nitriles is 1. The number of anilines is 1. The second-order valence-electron chi connectivity index (χ2n) is 4.59. The molecule has 0 aliphatic heterocycles. The Bertz CT molecular complexity index is 817. The number of non-ortho nitro benzene ring substituents is 1. The van der Waals surface area contributed by atoms with E-state index in [0.29, 0.717) is 0 Å². The average molecular weight is 314 g/mol. The zero-order valence-electron chi connectivity index (χ0n) is 11.7. The lowest BCUT2D eigenvalue weighted by molar-refractivity contribution is -0.384. The quantitative estimate of drug-likeness (QED) is 0.509. The molecule has 0 aromatic heterocycles. The number of nitro benzene ring substituents is 1. The van der Waals surface area contributed by atoms with E-state index in [1.165, 1.54) is 24.3 Å². The molecule has 116 valence electrons. The van der Waals surface area contributed by atoms with Gasteiger partial charge in [0.25, 0.3) is 11.6 Å². The molecule has 0 heterocycles. The largest absolute Gasteiger partial charge is 0.398 e. The number of hydrogen-bond donors (Lipinski definition) is 2. The van der Waals surface area contributed by atoms with Gasteiger partial charge in [-0.25, -0.2) is 4.39 Å². The number of amides is 1. The molecule has 0 aliphatic carbocycles. The number of halogens is 1. The molecule has 2 rings (SSSR count). The minimum absolute atomic E-state index is 0.00708. The molecule has 0 bridgehead atoms. The van der Waals surface area contributed by atoms with Crippen LogP contribution in [0.1, 0.15) is 22.0 Å². The van der Waals surface area contributed by atoms with Crippen molar-refractivity contribution >= 4 is 17.3 Å². The van der Waals surface area contributed by atoms with Gasteiger partial charge >= 0.3 is 0 Å². The van der Waals surface area contributed by atoms with Gasteiger partial charge in [-0.05, 0) is 12.1 Å². The van der Waals surface area contributed by atoms with Crippen LogP contribution in [0.3, 0.4) is 0 Å². The van der Waals surface area contributed by atoms with E-state index < -0.39 is 22.7 Å². The van der Waals surface area contributed by atoms with E-state index >= 15 is 0 Å². The topological polar surface area (TPSA) is 122 Å². The molecule has 0 aliphatic rings. The zero-order valence-corrected chi connectivity index (χ0v) is 11.7. The predicted molar refractivity (Wildman–Crippen MR) is 79.7 cm³/mol. The summed E-state index contributed by atoms with van der Waals surface area (Å²) in [6.07, 6.45) is 0. The third-order valence-corrected chi connectivity index (χ3v) is 3.11. The summed E-state index contributed by atoms with van der Waals surface area (Å²) in [5.41, 5.74) is 5.17. The number of nitrogens with zero attached hydrogens (tertiary/aromatic N) is 2. The highest BCUT2D eigenvalue weighted by Gasteiger charge is 2.21. The van der Waals surface area contributed by atoms with Gasteiger partial charge in [-0.1, -0.05) is 18.2 Å². The second-order valence-corrected chi connectivity index (χ2v) is 4.59. The van der Waals surface area contributed by atoms with Crippen LogP contribution in [-0.4, -0.2) is 10.8 Å². The molecule has 7 nitrogen and oxygen atoms in total. The van der Waals surface area contributed by atoms with Crippen molar-refractivity contribution in [3.05, 3.63) is 69.5 Å². The summed E-state index contributed by atoms with van der Waals surface area (Å²) in [5, 5.41) is 22.2. The molecule has 0 radical (unpaired) electrons. The molecule has 8 heteroatoms. The maximum Gasteiger partial charge on any atom is 0.270 e. The fourth-order valence-electron chi connectivity index (χ4n) is 1.95. The fraction of sp³-hybridized carbons (Fsp3) is 0.0667. The van der Waals surface area contributed by atoms with Crippen LogP contribution in [0, 0.1) is 27.3 Å². The number of carbonyl (C=O) groups is 1. The van der Waals surface area contributed by atoms with E-state index in [1.807, 2.05) is 0 Å². The number of carbonyl (C=O) groups excluding carboxylic acids is 1. The summed E-state index contributed by atoms with van der Waals surface area (Å²) in [4.78, 5) is 22.3. The van der Waals surface area contributed by atoms with Crippen molar-refractivity contribution in [3.8, 4) is 6.07 Å². The summed E-state index contributed by atoms with van der Waals surface area (Å²) in [5.74, 6) is -1.45. The van der Waals surface area contributed by atoms with Crippen LogP contribution >= 0.6 is 0 Å². The zero-order chi connectivity index (χ0) is 17.0. The summed E-state index contributed by atoms with van der Waals surface area (Å²) < 4.78 is 13.7. The highest BCUT2D eigenvalue weighted by atomic mass is 19.1. The van der Waals surface area contributed by atoms with Crippen molar-refractivity contribution in [2.45, 2.75) is 6.04 Å². The average Bonchev–Trinajstić information content (AvgIpc) is 2.53. The Morgan fingerprint density at radius 2 is 2.04 bits per heavy atom. The first-order chi connectivity index (χ1) is 10.9. The Labute approximate surface area is 130 Å². The van der Waals surface area contributed by atoms with Gasteiger partial charge in [0.15, 0.2) is 0 Å². The number of hydrogen-bond acceptors (Lipinski definition) is 5. The van der Waals surface area contributed by atoms with E-state index in [1.54, 1.807) is 6.07 Å². The van der Waals surface area contributed by atoms with Crippen LogP contribution in [0.4, 0.5) is 15.8 Å². The predicted octanol–water partition coefficient (Wildman–Crippen LogP) is 2.31. The van der Waals surface area contributed by atoms with Gasteiger partial charge in [0.05, 0.1) is 16.6 Å². The molecule has 0 fully saturated rings. The number of nitrogens with two attached hydrogens (primary N) is 1. The molecule has 1 unspecified atom stereocenters. The Kier molecular flexibility index (Phi) is 4.52. The van der Waals surface area contributed by atoms with Crippen molar-refractivity contribution in [1.82, 2.24) is 5.32 Å². The van der Waals surface area contributed by atoms with Crippen LogP contribution in [0.15, 0.2) is 42.5 Å². The maximum atomic E-state index is 13.7. The molecule has 0 saturated carbocycles. The molecule has 3 N–H and O–H groups in total. The molecule has 1 atom stereocenters. The minimum Gasteiger partial charge on any atom is -0.398 e. The third-order valence-electron chi connectivity index (χ3n) is 3.11. The normalized spacial score (nSPS) is 11.3. The standard InChI is InChI=1S/C15H11FN4O3/c16-12-4-2-1-3-10(12)14(8-17)19-15(21)11-7-9(20(22)23)5-6-13(11)18/h1-7,14H,18H2,(H,19,21). The van der Waals surface area contributed by atoms with E-state index in [0.717, 1.165) is 18.2 Å². The molecular formula is C15H11FN4O3. The summed E-state index contributed by atoms with van der Waals surface area (Å²) in [6, 6.07) is 9.40. The Morgan fingerprint density at radius 1 is 1.35 bits per heavy atom. The Hall–Kier alpha value is -3.47. The molecule has 1 amide bonds. The SMILES string of the molecule is N#CC(NC(=O)c1cc([N+](=O)[O-])ccc1N)c1ccccc1F. The van der Waals surface area contributed by atoms with Gasteiger partial charge in [0.2, 0.25) is 0 Å². The van der Waals surface area contributed by atoms with Crippen LogP contribution in [0.2, 0.25) is 0 Å². The van der Waals surface area contributed by atoms with E-state index in [9.17, 15) is 19.3 Å². The lowest BCUT2D eigenvalue weighted by atomic mass is 10.1. The molecule has 2 aromatic rings. The number of benzene rings is 2.